The third-order valence-electron chi connectivity index (χ3n) is 5.70. The van der Waals surface area contributed by atoms with Crippen LogP contribution in [0.1, 0.15) is 69.7 Å². The van der Waals surface area contributed by atoms with E-state index >= 15 is 0 Å². The Bertz CT molecular complexity index is 1180. The molecule has 0 spiro atoms. The first-order valence-electron chi connectivity index (χ1n) is 12.9. The SMILES string of the molecule is C#Cc1ccccc1C(C(=O)NCc1ccccc1)N(CCC)C(=O)C(CCC(N)=O)NC(=O)OC(C)(C)C. The Balaban J connectivity index is 2.49. The number of carbonyl (C=O) groups is 4. The number of hydrogen-bond acceptors (Lipinski definition) is 5. The number of carbonyl (C=O) groups excluding carboxylic acids is 4. The van der Waals surface area contributed by atoms with Gasteiger partial charge in [-0.15, -0.1) is 6.42 Å². The number of rotatable bonds is 12. The Morgan fingerprint density at radius 3 is 2.28 bits per heavy atom. The van der Waals surface area contributed by atoms with Crippen LogP contribution in [0.2, 0.25) is 0 Å². The van der Waals surface area contributed by atoms with Gasteiger partial charge in [0.2, 0.25) is 17.7 Å². The Kier molecular flexibility index (Phi) is 11.5. The minimum atomic E-state index is -1.17. The van der Waals surface area contributed by atoms with Gasteiger partial charge in [0.25, 0.3) is 0 Å². The molecule has 0 aliphatic rings. The standard InChI is InChI=1S/C30H38N4O5/c1-6-19-34(28(37)24(17-18-25(31)35)33-29(38)39-30(3,4)5)26(23-16-12-11-15-22(23)7-2)27(36)32-20-21-13-9-8-10-14-21/h2,8-16,24,26H,6,17-20H2,1,3-5H3,(H2,31,35)(H,32,36)(H,33,38). The quantitative estimate of drug-likeness (QED) is 0.359. The molecule has 0 aromatic heterocycles. The number of terminal acetylenes is 1. The zero-order valence-corrected chi connectivity index (χ0v) is 23.0. The summed E-state index contributed by atoms with van der Waals surface area (Å²) in [7, 11) is 0. The smallest absolute Gasteiger partial charge is 0.408 e. The highest BCUT2D eigenvalue weighted by Gasteiger charge is 2.36. The molecule has 9 heteroatoms. The summed E-state index contributed by atoms with van der Waals surface area (Å²) in [5, 5.41) is 5.48. The molecule has 2 aromatic carbocycles. The summed E-state index contributed by atoms with van der Waals surface area (Å²) in [6, 6.07) is 14.0. The van der Waals surface area contributed by atoms with Crippen molar-refractivity contribution in [1.29, 1.82) is 0 Å². The molecule has 2 atom stereocenters. The molecule has 0 aliphatic carbocycles. The van der Waals surface area contributed by atoms with Crippen LogP contribution in [0.5, 0.6) is 0 Å². The van der Waals surface area contributed by atoms with Crippen molar-refractivity contribution in [3.05, 3.63) is 71.3 Å². The van der Waals surface area contributed by atoms with Gasteiger partial charge in [0.15, 0.2) is 0 Å². The van der Waals surface area contributed by atoms with E-state index in [-0.39, 0.29) is 25.9 Å². The normalized spacial score (nSPS) is 12.4. The van der Waals surface area contributed by atoms with E-state index in [1.165, 1.54) is 4.90 Å². The van der Waals surface area contributed by atoms with Crippen molar-refractivity contribution in [2.24, 2.45) is 5.73 Å². The van der Waals surface area contributed by atoms with Gasteiger partial charge in [-0.25, -0.2) is 4.79 Å². The second-order valence-electron chi connectivity index (χ2n) is 10.1. The molecule has 0 bridgehead atoms. The number of hydrogen-bond donors (Lipinski definition) is 3. The second-order valence-corrected chi connectivity index (χ2v) is 10.1. The Morgan fingerprint density at radius 1 is 1.05 bits per heavy atom. The number of alkyl carbamates (subject to hydrolysis) is 1. The summed E-state index contributed by atoms with van der Waals surface area (Å²) in [6.45, 7) is 7.38. The van der Waals surface area contributed by atoms with Crippen molar-refractivity contribution in [1.82, 2.24) is 15.5 Å². The molecule has 2 rings (SSSR count). The van der Waals surface area contributed by atoms with Crippen LogP contribution in [0, 0.1) is 12.3 Å². The van der Waals surface area contributed by atoms with Gasteiger partial charge in [0, 0.05) is 25.1 Å². The average molecular weight is 535 g/mol. The van der Waals surface area contributed by atoms with E-state index in [9.17, 15) is 19.2 Å². The van der Waals surface area contributed by atoms with Crippen LogP contribution in [0.25, 0.3) is 0 Å². The monoisotopic (exact) mass is 534 g/mol. The van der Waals surface area contributed by atoms with Gasteiger partial charge >= 0.3 is 6.09 Å². The highest BCUT2D eigenvalue weighted by molar-refractivity contribution is 5.92. The van der Waals surface area contributed by atoms with Crippen molar-refractivity contribution < 1.29 is 23.9 Å². The van der Waals surface area contributed by atoms with E-state index in [1.807, 2.05) is 37.3 Å². The number of nitrogens with one attached hydrogen (secondary N) is 2. The maximum atomic E-state index is 14.0. The van der Waals surface area contributed by atoms with Crippen LogP contribution in [-0.4, -0.2) is 46.9 Å². The Morgan fingerprint density at radius 2 is 1.69 bits per heavy atom. The number of primary amides is 1. The maximum Gasteiger partial charge on any atom is 0.408 e. The fourth-order valence-electron chi connectivity index (χ4n) is 4.00. The van der Waals surface area contributed by atoms with E-state index < -0.39 is 41.5 Å². The van der Waals surface area contributed by atoms with Crippen LogP contribution < -0.4 is 16.4 Å². The molecule has 2 aromatic rings. The number of nitrogens with zero attached hydrogens (tertiary/aromatic N) is 1. The van der Waals surface area contributed by atoms with Gasteiger partial charge < -0.3 is 26.0 Å². The molecule has 0 saturated carbocycles. The van der Waals surface area contributed by atoms with Gasteiger partial charge in [-0.2, -0.15) is 0 Å². The number of amides is 4. The number of nitrogens with two attached hydrogens (primary N) is 1. The van der Waals surface area contributed by atoms with Crippen molar-refractivity contribution in [2.45, 2.75) is 71.2 Å². The minimum Gasteiger partial charge on any atom is -0.444 e. The van der Waals surface area contributed by atoms with Crippen LogP contribution in [0.3, 0.4) is 0 Å². The third-order valence-corrected chi connectivity index (χ3v) is 5.70. The summed E-state index contributed by atoms with van der Waals surface area (Å²) in [6.07, 6.45) is 5.23. The van der Waals surface area contributed by atoms with Crippen LogP contribution in [0.4, 0.5) is 4.79 Å². The molecular weight excluding hydrogens is 496 g/mol. The van der Waals surface area contributed by atoms with E-state index in [4.69, 9.17) is 16.9 Å². The highest BCUT2D eigenvalue weighted by Crippen LogP contribution is 2.26. The molecule has 39 heavy (non-hydrogen) atoms. The van der Waals surface area contributed by atoms with Crippen molar-refractivity contribution in [3.63, 3.8) is 0 Å². The van der Waals surface area contributed by atoms with E-state index in [0.717, 1.165) is 5.56 Å². The largest absolute Gasteiger partial charge is 0.444 e. The van der Waals surface area contributed by atoms with Gasteiger partial charge in [0.05, 0.1) is 0 Å². The predicted octanol–water partition coefficient (Wildman–Crippen LogP) is 3.42. The summed E-state index contributed by atoms with van der Waals surface area (Å²) in [5.41, 5.74) is 6.35. The topological polar surface area (TPSA) is 131 Å². The van der Waals surface area contributed by atoms with Crippen LogP contribution in [0.15, 0.2) is 54.6 Å². The molecule has 0 aliphatic heterocycles. The zero-order valence-electron chi connectivity index (χ0n) is 23.0. The maximum absolute atomic E-state index is 14.0. The molecule has 4 amide bonds. The molecule has 208 valence electrons. The molecule has 0 heterocycles. The van der Waals surface area contributed by atoms with Crippen molar-refractivity contribution in [3.8, 4) is 12.3 Å². The second kappa shape index (κ2) is 14.6. The molecule has 0 fully saturated rings. The molecule has 0 saturated heterocycles. The first kappa shape index (κ1) is 30.9. The van der Waals surface area contributed by atoms with E-state index in [0.29, 0.717) is 17.5 Å². The average Bonchev–Trinajstić information content (AvgIpc) is 2.88. The first-order valence-corrected chi connectivity index (χ1v) is 12.9. The fraction of sp³-hybridized carbons (Fsp3) is 0.400. The first-order chi connectivity index (χ1) is 18.5. The van der Waals surface area contributed by atoms with Crippen molar-refractivity contribution >= 4 is 23.8 Å². The third kappa shape index (κ3) is 9.82. The van der Waals surface area contributed by atoms with Gasteiger partial charge in [-0.1, -0.05) is 61.4 Å². The fourth-order valence-corrected chi connectivity index (χ4v) is 4.00. The molecule has 9 nitrogen and oxygen atoms in total. The predicted molar refractivity (Wildman–Crippen MR) is 149 cm³/mol. The van der Waals surface area contributed by atoms with Gasteiger partial charge in [0.1, 0.15) is 17.7 Å². The lowest BCUT2D eigenvalue weighted by Gasteiger charge is -2.34. The summed E-state index contributed by atoms with van der Waals surface area (Å²) in [4.78, 5) is 53.3. The molecular formula is C30H38N4O5. The lowest BCUT2D eigenvalue weighted by molar-refractivity contribution is -0.142. The zero-order chi connectivity index (χ0) is 29.0. The molecule has 0 radical (unpaired) electrons. The van der Waals surface area contributed by atoms with E-state index in [1.54, 1.807) is 45.0 Å². The van der Waals surface area contributed by atoms with Crippen molar-refractivity contribution in [2.75, 3.05) is 6.54 Å². The number of ether oxygens (including phenoxy) is 1. The van der Waals surface area contributed by atoms with Gasteiger partial charge in [-0.05, 0) is 50.8 Å². The lowest BCUT2D eigenvalue weighted by Crippen LogP contribution is -2.53. The lowest BCUT2D eigenvalue weighted by atomic mass is 9.96. The Labute approximate surface area is 230 Å². The summed E-state index contributed by atoms with van der Waals surface area (Å²) < 4.78 is 5.34. The van der Waals surface area contributed by atoms with E-state index in [2.05, 4.69) is 16.6 Å². The number of benzene rings is 2. The van der Waals surface area contributed by atoms with Gasteiger partial charge in [-0.3, -0.25) is 14.4 Å². The molecule has 4 N–H and O–H groups in total. The summed E-state index contributed by atoms with van der Waals surface area (Å²) >= 11 is 0. The Hall–Kier alpha value is -4.32. The van der Waals surface area contributed by atoms with Crippen LogP contribution in [-0.2, 0) is 25.7 Å². The summed E-state index contributed by atoms with van der Waals surface area (Å²) in [5.74, 6) is 0.975. The highest BCUT2D eigenvalue weighted by atomic mass is 16.6. The molecule has 2 unspecified atom stereocenters. The van der Waals surface area contributed by atoms with Crippen LogP contribution >= 0.6 is 0 Å². The minimum absolute atomic E-state index is 0.0667.